The van der Waals surface area contributed by atoms with E-state index in [9.17, 15) is 14.7 Å². The van der Waals surface area contributed by atoms with Gasteiger partial charge in [0.05, 0.1) is 0 Å². The summed E-state index contributed by atoms with van der Waals surface area (Å²) in [6.45, 7) is 3.60. The van der Waals surface area contributed by atoms with Crippen molar-refractivity contribution in [2.75, 3.05) is 19.8 Å². The van der Waals surface area contributed by atoms with Crippen molar-refractivity contribution in [1.82, 2.24) is 10.2 Å². The molecule has 2 heterocycles. The molecule has 2 aliphatic heterocycles. The quantitative estimate of drug-likeness (QED) is 0.832. The summed E-state index contributed by atoms with van der Waals surface area (Å²) < 4.78 is 5.23. The molecule has 1 unspecified atom stereocenters. The Labute approximate surface area is 125 Å². The monoisotopic (exact) mass is 298 g/mol. The third-order valence-electron chi connectivity index (χ3n) is 4.61. The summed E-state index contributed by atoms with van der Waals surface area (Å²) >= 11 is 0. The van der Waals surface area contributed by atoms with Crippen LogP contribution in [0.4, 0.5) is 4.79 Å². The van der Waals surface area contributed by atoms with E-state index in [2.05, 4.69) is 12.2 Å². The topological polar surface area (TPSA) is 78.9 Å². The molecule has 0 bridgehead atoms. The second-order valence-corrected chi connectivity index (χ2v) is 6.06. The van der Waals surface area contributed by atoms with E-state index in [0.717, 1.165) is 38.6 Å². The number of carboxylic acids is 1. The van der Waals surface area contributed by atoms with E-state index in [4.69, 9.17) is 4.74 Å². The van der Waals surface area contributed by atoms with Crippen LogP contribution >= 0.6 is 0 Å². The molecule has 2 aliphatic rings. The molecule has 0 aromatic carbocycles. The van der Waals surface area contributed by atoms with E-state index in [-0.39, 0.29) is 12.1 Å². The fourth-order valence-corrected chi connectivity index (χ4v) is 3.29. The molecular weight excluding hydrogens is 272 g/mol. The van der Waals surface area contributed by atoms with E-state index >= 15 is 0 Å². The number of carboxylic acid groups (broad SMARTS) is 1. The van der Waals surface area contributed by atoms with Gasteiger partial charge in [-0.1, -0.05) is 13.3 Å². The summed E-state index contributed by atoms with van der Waals surface area (Å²) in [4.78, 5) is 26.0. The van der Waals surface area contributed by atoms with Gasteiger partial charge in [0, 0.05) is 38.6 Å². The number of aliphatic carboxylic acids is 1. The molecule has 120 valence electrons. The first kappa shape index (κ1) is 16.1. The molecule has 0 aromatic heterocycles. The van der Waals surface area contributed by atoms with Crippen molar-refractivity contribution < 1.29 is 19.4 Å². The Hall–Kier alpha value is -1.30. The van der Waals surface area contributed by atoms with Gasteiger partial charge in [-0.25, -0.2) is 9.59 Å². The number of urea groups is 1. The van der Waals surface area contributed by atoms with E-state index in [0.29, 0.717) is 26.1 Å². The lowest BCUT2D eigenvalue weighted by Gasteiger charge is -2.40. The van der Waals surface area contributed by atoms with Crippen molar-refractivity contribution in [3.8, 4) is 0 Å². The van der Waals surface area contributed by atoms with E-state index in [1.54, 1.807) is 0 Å². The van der Waals surface area contributed by atoms with Gasteiger partial charge in [0.25, 0.3) is 0 Å². The predicted molar refractivity (Wildman–Crippen MR) is 78.2 cm³/mol. The number of piperidine rings is 1. The van der Waals surface area contributed by atoms with Crippen molar-refractivity contribution in [3.63, 3.8) is 0 Å². The summed E-state index contributed by atoms with van der Waals surface area (Å²) in [5.74, 6) is -0.955. The molecule has 21 heavy (non-hydrogen) atoms. The Morgan fingerprint density at radius 2 is 2.05 bits per heavy atom. The van der Waals surface area contributed by atoms with Crippen LogP contribution in [-0.2, 0) is 9.53 Å². The Morgan fingerprint density at radius 3 is 2.67 bits per heavy atom. The van der Waals surface area contributed by atoms with Crippen molar-refractivity contribution in [2.45, 2.75) is 63.5 Å². The molecule has 1 atom stereocenters. The van der Waals surface area contributed by atoms with Crippen molar-refractivity contribution in [3.05, 3.63) is 0 Å². The minimum Gasteiger partial charge on any atom is -0.480 e. The van der Waals surface area contributed by atoms with E-state index in [1.165, 1.54) is 0 Å². The maximum absolute atomic E-state index is 12.6. The lowest BCUT2D eigenvalue weighted by Crippen LogP contribution is -2.61. The molecule has 0 spiro atoms. The highest BCUT2D eigenvalue weighted by atomic mass is 16.5. The highest BCUT2D eigenvalue weighted by Crippen LogP contribution is 2.25. The minimum absolute atomic E-state index is 0.225. The molecule has 2 N–H and O–H groups in total. The maximum Gasteiger partial charge on any atom is 0.329 e. The zero-order valence-electron chi connectivity index (χ0n) is 12.8. The van der Waals surface area contributed by atoms with Gasteiger partial charge >= 0.3 is 12.0 Å². The summed E-state index contributed by atoms with van der Waals surface area (Å²) in [6.07, 6.45) is 5.84. The van der Waals surface area contributed by atoms with Crippen LogP contribution in [0.3, 0.4) is 0 Å². The molecule has 6 heteroatoms. The number of rotatable bonds is 4. The molecule has 6 nitrogen and oxygen atoms in total. The number of nitrogens with zero attached hydrogens (tertiary/aromatic N) is 1. The first-order chi connectivity index (χ1) is 10.1. The molecule has 2 fully saturated rings. The molecular formula is C15H26N2O4. The summed E-state index contributed by atoms with van der Waals surface area (Å²) in [7, 11) is 0. The molecule has 2 rings (SSSR count). The normalized spacial score (nSPS) is 25.4. The molecule has 2 saturated heterocycles. The third-order valence-corrected chi connectivity index (χ3v) is 4.61. The fraction of sp³-hybridized carbons (Fsp3) is 0.867. The number of likely N-dealkylation sites (tertiary alicyclic amines) is 1. The zero-order chi connectivity index (χ0) is 15.3. The van der Waals surface area contributed by atoms with Gasteiger partial charge in [-0.15, -0.1) is 0 Å². The van der Waals surface area contributed by atoms with Gasteiger partial charge in [0.2, 0.25) is 0 Å². The maximum atomic E-state index is 12.6. The lowest BCUT2D eigenvalue weighted by molar-refractivity contribution is -0.148. The van der Waals surface area contributed by atoms with Gasteiger partial charge in [-0.3, -0.25) is 0 Å². The first-order valence-corrected chi connectivity index (χ1v) is 7.99. The van der Waals surface area contributed by atoms with Crippen LogP contribution in [0.1, 0.15) is 51.9 Å². The van der Waals surface area contributed by atoms with Crippen LogP contribution in [0.15, 0.2) is 0 Å². The summed E-state index contributed by atoms with van der Waals surface area (Å²) in [6, 6.07) is 0.0203. The summed E-state index contributed by atoms with van der Waals surface area (Å²) in [5, 5.41) is 12.3. The average molecular weight is 298 g/mol. The van der Waals surface area contributed by atoms with Crippen LogP contribution in [0.2, 0.25) is 0 Å². The molecule has 2 amide bonds. The smallest absolute Gasteiger partial charge is 0.329 e. The van der Waals surface area contributed by atoms with Gasteiger partial charge in [0.1, 0.15) is 5.54 Å². The number of nitrogens with one attached hydrogen (secondary N) is 1. The Kier molecular flexibility index (Phi) is 5.45. The van der Waals surface area contributed by atoms with E-state index in [1.807, 2.05) is 4.90 Å². The predicted octanol–water partition coefficient (Wildman–Crippen LogP) is 1.98. The van der Waals surface area contributed by atoms with E-state index < -0.39 is 11.5 Å². The number of amides is 2. The number of carbonyl (C=O) groups excluding carboxylic acids is 1. The van der Waals surface area contributed by atoms with Gasteiger partial charge < -0.3 is 20.1 Å². The van der Waals surface area contributed by atoms with Crippen LogP contribution in [0, 0.1) is 0 Å². The second-order valence-electron chi connectivity index (χ2n) is 6.06. The second kappa shape index (κ2) is 7.11. The van der Waals surface area contributed by atoms with Crippen molar-refractivity contribution >= 4 is 12.0 Å². The standard InChI is InChI=1S/C15H26N2O4/c1-2-5-12-6-3-4-9-17(12)14(20)16-15(13(18)19)7-10-21-11-8-15/h12H,2-11H2,1H3,(H,16,20)(H,18,19). The van der Waals surface area contributed by atoms with Crippen LogP contribution < -0.4 is 5.32 Å². The highest BCUT2D eigenvalue weighted by molar-refractivity contribution is 5.86. The fourth-order valence-electron chi connectivity index (χ4n) is 3.29. The van der Waals surface area contributed by atoms with Crippen LogP contribution in [-0.4, -0.2) is 53.3 Å². The molecule has 0 radical (unpaired) electrons. The zero-order valence-corrected chi connectivity index (χ0v) is 12.8. The van der Waals surface area contributed by atoms with Gasteiger partial charge in [0.15, 0.2) is 0 Å². The third kappa shape index (κ3) is 3.67. The van der Waals surface area contributed by atoms with Gasteiger partial charge in [-0.2, -0.15) is 0 Å². The number of hydrogen-bond donors (Lipinski definition) is 2. The largest absolute Gasteiger partial charge is 0.480 e. The molecule has 0 aromatic rings. The van der Waals surface area contributed by atoms with Crippen LogP contribution in [0.5, 0.6) is 0 Å². The Balaban J connectivity index is 2.05. The van der Waals surface area contributed by atoms with Crippen molar-refractivity contribution in [1.29, 1.82) is 0 Å². The Morgan fingerprint density at radius 1 is 1.33 bits per heavy atom. The van der Waals surface area contributed by atoms with Gasteiger partial charge in [-0.05, 0) is 25.7 Å². The molecule has 0 aliphatic carbocycles. The number of carbonyl (C=O) groups is 2. The average Bonchev–Trinajstić information content (AvgIpc) is 2.49. The first-order valence-electron chi connectivity index (χ1n) is 7.99. The highest BCUT2D eigenvalue weighted by Gasteiger charge is 2.43. The number of hydrogen-bond acceptors (Lipinski definition) is 3. The summed E-state index contributed by atoms with van der Waals surface area (Å²) in [5.41, 5.74) is -1.16. The van der Waals surface area contributed by atoms with Crippen molar-refractivity contribution in [2.24, 2.45) is 0 Å². The van der Waals surface area contributed by atoms with Crippen LogP contribution in [0.25, 0.3) is 0 Å². The molecule has 0 saturated carbocycles. The number of ether oxygens (including phenoxy) is 1. The minimum atomic E-state index is -1.16. The lowest BCUT2D eigenvalue weighted by atomic mass is 9.90. The Bertz CT molecular complexity index is 378. The SMILES string of the molecule is CCCC1CCCCN1C(=O)NC1(C(=O)O)CCOCC1.